The fourth-order valence-corrected chi connectivity index (χ4v) is 4.08. The highest BCUT2D eigenvalue weighted by Gasteiger charge is 2.18. The van der Waals surface area contributed by atoms with Gasteiger partial charge in [0.25, 0.3) is 5.91 Å². The Labute approximate surface area is 168 Å². The van der Waals surface area contributed by atoms with Crippen LogP contribution in [0.3, 0.4) is 0 Å². The van der Waals surface area contributed by atoms with Gasteiger partial charge in [0, 0.05) is 33.0 Å². The number of thiophene rings is 1. The number of aromatic nitrogens is 1. The van der Waals surface area contributed by atoms with Crippen molar-refractivity contribution in [2.45, 2.75) is 6.42 Å². The van der Waals surface area contributed by atoms with Crippen molar-refractivity contribution in [1.82, 2.24) is 4.98 Å². The summed E-state index contributed by atoms with van der Waals surface area (Å²) in [6, 6.07) is 11.5. The summed E-state index contributed by atoms with van der Waals surface area (Å²) in [5.74, 6) is -0.216. The van der Waals surface area contributed by atoms with E-state index >= 15 is 0 Å². The third kappa shape index (κ3) is 3.36. The van der Waals surface area contributed by atoms with Crippen LogP contribution in [-0.2, 0) is 0 Å². The minimum Gasteiger partial charge on any atom is -0.397 e. The normalized spacial score (nSPS) is 13.7. The monoisotopic (exact) mass is 474 g/mol. The predicted molar refractivity (Wildman–Crippen MR) is 117 cm³/mol. The van der Waals surface area contributed by atoms with E-state index in [1.165, 1.54) is 11.3 Å². The highest BCUT2D eigenvalue weighted by atomic mass is 127. The van der Waals surface area contributed by atoms with Gasteiger partial charge in [-0.15, -0.1) is 11.3 Å². The number of carbonyl (C=O) groups is 1. The van der Waals surface area contributed by atoms with E-state index < -0.39 is 0 Å². The molecule has 0 bridgehead atoms. The number of halogens is 1. The number of nitrogens with zero attached hydrogens (tertiary/aromatic N) is 2. The average Bonchev–Trinajstić information content (AvgIpc) is 3.00. The van der Waals surface area contributed by atoms with E-state index in [0.29, 0.717) is 10.6 Å². The largest absolute Gasteiger partial charge is 0.397 e. The number of hydrogen-bond acceptors (Lipinski definition) is 5. The lowest BCUT2D eigenvalue weighted by Crippen LogP contribution is -2.11. The SMILES string of the molecule is Nc1c(C(=O)Nc2ccc(I)cc2)sc2nc(C3=CCCN=C3)ccc12. The van der Waals surface area contributed by atoms with Crippen molar-refractivity contribution in [3.63, 3.8) is 0 Å². The molecule has 0 spiro atoms. The minimum absolute atomic E-state index is 0.216. The molecule has 2 aromatic heterocycles. The van der Waals surface area contributed by atoms with Crippen molar-refractivity contribution in [1.29, 1.82) is 0 Å². The van der Waals surface area contributed by atoms with Gasteiger partial charge >= 0.3 is 0 Å². The number of dihydropyridines is 1. The molecule has 5 nitrogen and oxygen atoms in total. The molecule has 1 aliphatic heterocycles. The summed E-state index contributed by atoms with van der Waals surface area (Å²) in [5, 5.41) is 3.70. The number of carbonyl (C=O) groups excluding carboxylic acids is 1. The maximum absolute atomic E-state index is 12.6. The van der Waals surface area contributed by atoms with Gasteiger partial charge in [-0.25, -0.2) is 4.98 Å². The highest BCUT2D eigenvalue weighted by Crippen LogP contribution is 2.34. The molecule has 0 saturated heterocycles. The summed E-state index contributed by atoms with van der Waals surface area (Å²) in [7, 11) is 0. The smallest absolute Gasteiger partial charge is 0.267 e. The molecule has 0 atom stereocenters. The van der Waals surface area contributed by atoms with E-state index in [9.17, 15) is 4.79 Å². The van der Waals surface area contributed by atoms with E-state index in [2.05, 4.69) is 44.0 Å². The van der Waals surface area contributed by atoms with Gasteiger partial charge in [-0.1, -0.05) is 6.08 Å². The van der Waals surface area contributed by atoms with Crippen LogP contribution in [0.4, 0.5) is 11.4 Å². The number of nitrogens with one attached hydrogen (secondary N) is 1. The van der Waals surface area contributed by atoms with Crippen molar-refractivity contribution in [3.8, 4) is 0 Å². The second-order valence-electron chi connectivity index (χ2n) is 5.84. The first kappa shape index (κ1) is 17.2. The van der Waals surface area contributed by atoms with E-state index in [-0.39, 0.29) is 5.91 Å². The number of aliphatic imine (C=N–C) groups is 1. The number of nitrogens with two attached hydrogens (primary N) is 1. The third-order valence-electron chi connectivity index (χ3n) is 4.05. The maximum atomic E-state index is 12.6. The van der Waals surface area contributed by atoms with Crippen molar-refractivity contribution < 1.29 is 4.79 Å². The Morgan fingerprint density at radius 2 is 2.00 bits per heavy atom. The summed E-state index contributed by atoms with van der Waals surface area (Å²) < 4.78 is 1.11. The number of amides is 1. The van der Waals surface area contributed by atoms with E-state index in [1.807, 2.05) is 42.6 Å². The van der Waals surface area contributed by atoms with Gasteiger partial charge in [-0.05, 0) is 65.4 Å². The van der Waals surface area contributed by atoms with Gasteiger partial charge in [0.2, 0.25) is 0 Å². The summed E-state index contributed by atoms with van der Waals surface area (Å²) in [6.45, 7) is 0.820. The molecule has 3 aromatic rings. The third-order valence-corrected chi connectivity index (χ3v) is 5.88. The zero-order chi connectivity index (χ0) is 18.1. The molecule has 0 aliphatic carbocycles. The lowest BCUT2D eigenvalue weighted by molar-refractivity contribution is 0.103. The molecule has 1 amide bonds. The number of anilines is 2. The molecule has 130 valence electrons. The first-order valence-corrected chi connectivity index (χ1v) is 9.97. The Bertz CT molecular complexity index is 1050. The van der Waals surface area contributed by atoms with Crippen LogP contribution in [0.1, 0.15) is 21.8 Å². The van der Waals surface area contributed by atoms with Crippen molar-refractivity contribution in [2.75, 3.05) is 17.6 Å². The first-order valence-electron chi connectivity index (χ1n) is 8.08. The van der Waals surface area contributed by atoms with Crippen LogP contribution < -0.4 is 11.1 Å². The quantitative estimate of drug-likeness (QED) is 0.545. The van der Waals surface area contributed by atoms with Gasteiger partial charge in [-0.2, -0.15) is 0 Å². The number of nitrogen functional groups attached to an aromatic ring is 1. The zero-order valence-corrected chi connectivity index (χ0v) is 16.7. The molecule has 0 saturated carbocycles. The van der Waals surface area contributed by atoms with Crippen LogP contribution >= 0.6 is 33.9 Å². The van der Waals surface area contributed by atoms with Gasteiger partial charge < -0.3 is 11.1 Å². The molecule has 7 heteroatoms. The number of allylic oxidation sites excluding steroid dienone is 1. The zero-order valence-electron chi connectivity index (χ0n) is 13.7. The number of rotatable bonds is 3. The molecular formula is C19H15IN4OS. The Kier molecular flexibility index (Phi) is 4.73. The van der Waals surface area contributed by atoms with Crippen molar-refractivity contribution in [2.24, 2.45) is 4.99 Å². The fourth-order valence-electron chi connectivity index (χ4n) is 2.73. The standard InChI is InChI=1S/C19H15IN4OS/c20-12-3-5-13(6-4-12)23-18(25)17-16(21)14-7-8-15(24-19(14)26-17)11-2-1-9-22-10-11/h2-8,10H,1,9,21H2,(H,23,25). The summed E-state index contributed by atoms with van der Waals surface area (Å²) >= 11 is 3.54. The molecule has 1 aromatic carbocycles. The molecular weight excluding hydrogens is 459 g/mol. The summed E-state index contributed by atoms with van der Waals surface area (Å²) in [4.78, 5) is 22.9. The van der Waals surface area contributed by atoms with Crippen LogP contribution in [0.2, 0.25) is 0 Å². The van der Waals surface area contributed by atoms with Gasteiger partial charge in [0.05, 0.1) is 11.4 Å². The molecule has 0 radical (unpaired) electrons. The Balaban J connectivity index is 1.66. The van der Waals surface area contributed by atoms with Crippen LogP contribution in [-0.4, -0.2) is 23.7 Å². The maximum Gasteiger partial charge on any atom is 0.267 e. The van der Waals surface area contributed by atoms with Crippen LogP contribution in [0.25, 0.3) is 15.8 Å². The number of hydrogen-bond donors (Lipinski definition) is 2. The molecule has 4 rings (SSSR count). The van der Waals surface area contributed by atoms with Gasteiger partial charge in [-0.3, -0.25) is 9.79 Å². The predicted octanol–water partition coefficient (Wildman–Crippen LogP) is 4.59. The minimum atomic E-state index is -0.216. The van der Waals surface area contributed by atoms with Crippen LogP contribution in [0, 0.1) is 3.57 Å². The molecule has 26 heavy (non-hydrogen) atoms. The van der Waals surface area contributed by atoms with Crippen molar-refractivity contribution >= 4 is 73.2 Å². The molecule has 0 unspecified atom stereocenters. The van der Waals surface area contributed by atoms with Gasteiger partial charge in [0.1, 0.15) is 9.71 Å². The van der Waals surface area contributed by atoms with Crippen molar-refractivity contribution in [3.05, 3.63) is 56.6 Å². The Morgan fingerprint density at radius 3 is 2.73 bits per heavy atom. The number of benzene rings is 1. The van der Waals surface area contributed by atoms with Crippen LogP contribution in [0.15, 0.2) is 47.5 Å². The molecule has 1 aliphatic rings. The molecule has 0 fully saturated rings. The lowest BCUT2D eigenvalue weighted by Gasteiger charge is -2.05. The van der Waals surface area contributed by atoms with E-state index in [0.717, 1.165) is 43.7 Å². The second kappa shape index (κ2) is 7.16. The Hall–Kier alpha value is -2.26. The topological polar surface area (TPSA) is 80.4 Å². The van der Waals surface area contributed by atoms with Crippen LogP contribution in [0.5, 0.6) is 0 Å². The summed E-state index contributed by atoms with van der Waals surface area (Å²) in [5.41, 5.74) is 9.29. The first-order chi connectivity index (χ1) is 12.6. The lowest BCUT2D eigenvalue weighted by atomic mass is 10.1. The molecule has 3 N–H and O–H groups in total. The second-order valence-corrected chi connectivity index (χ2v) is 8.08. The average molecular weight is 474 g/mol. The van der Waals surface area contributed by atoms with E-state index in [4.69, 9.17) is 5.73 Å². The highest BCUT2D eigenvalue weighted by molar-refractivity contribution is 14.1. The summed E-state index contributed by atoms with van der Waals surface area (Å²) in [6.07, 6.45) is 4.89. The van der Waals surface area contributed by atoms with E-state index in [1.54, 1.807) is 0 Å². The van der Waals surface area contributed by atoms with Gasteiger partial charge in [0.15, 0.2) is 0 Å². The number of fused-ring (bicyclic) bond motifs is 1. The Morgan fingerprint density at radius 1 is 1.19 bits per heavy atom. The fraction of sp³-hybridized carbons (Fsp3) is 0.105. The molecule has 3 heterocycles. The number of pyridine rings is 1.